The van der Waals surface area contributed by atoms with E-state index in [9.17, 15) is 4.79 Å². The van der Waals surface area contributed by atoms with Crippen molar-refractivity contribution in [1.29, 1.82) is 0 Å². The Bertz CT molecular complexity index is 625. The maximum atomic E-state index is 12.6. The van der Waals surface area contributed by atoms with Crippen LogP contribution in [0.3, 0.4) is 0 Å². The van der Waals surface area contributed by atoms with Gasteiger partial charge in [0.2, 0.25) is 0 Å². The Morgan fingerprint density at radius 2 is 1.95 bits per heavy atom. The molecule has 5 nitrogen and oxygen atoms in total. The van der Waals surface area contributed by atoms with Crippen molar-refractivity contribution in [3.63, 3.8) is 0 Å². The van der Waals surface area contributed by atoms with E-state index in [-0.39, 0.29) is 5.91 Å². The zero-order valence-electron chi connectivity index (χ0n) is 12.6. The Kier molecular flexibility index (Phi) is 4.42. The van der Waals surface area contributed by atoms with Crippen LogP contribution in [0, 0.1) is 0 Å². The van der Waals surface area contributed by atoms with Crippen molar-refractivity contribution in [2.24, 2.45) is 0 Å². The van der Waals surface area contributed by atoms with E-state index in [1.54, 1.807) is 30.3 Å². The van der Waals surface area contributed by atoms with Crippen molar-refractivity contribution >= 4 is 17.3 Å². The molecule has 1 amide bonds. The van der Waals surface area contributed by atoms with Crippen LogP contribution in [0.1, 0.15) is 16.1 Å². The van der Waals surface area contributed by atoms with Crippen molar-refractivity contribution in [3.8, 4) is 0 Å². The molecule has 1 heterocycles. The summed E-state index contributed by atoms with van der Waals surface area (Å²) < 4.78 is 0. The van der Waals surface area contributed by atoms with Gasteiger partial charge in [-0.25, -0.2) is 0 Å². The summed E-state index contributed by atoms with van der Waals surface area (Å²) in [6, 6.07) is 11.0. The molecule has 0 saturated heterocycles. The fourth-order valence-electron chi connectivity index (χ4n) is 2.13. The number of carbonyl (C=O) groups excluding carboxylic acids is 1. The molecular formula is C16H20N4O. The molecule has 0 fully saturated rings. The van der Waals surface area contributed by atoms with Gasteiger partial charge in [0.25, 0.3) is 5.91 Å². The Hall–Kier alpha value is -2.56. The Balaban J connectivity index is 2.25. The average molecular weight is 284 g/mol. The van der Waals surface area contributed by atoms with E-state index in [0.29, 0.717) is 17.8 Å². The number of benzene rings is 1. The zero-order valence-corrected chi connectivity index (χ0v) is 12.6. The number of rotatable bonds is 4. The van der Waals surface area contributed by atoms with E-state index in [4.69, 9.17) is 5.73 Å². The number of nitrogens with two attached hydrogens (primary N) is 1. The number of aromatic nitrogens is 1. The molecule has 0 spiro atoms. The van der Waals surface area contributed by atoms with Crippen molar-refractivity contribution in [2.75, 3.05) is 31.8 Å². The number of pyridine rings is 1. The van der Waals surface area contributed by atoms with Crippen LogP contribution in [-0.4, -0.2) is 36.9 Å². The predicted octanol–water partition coefficient (Wildman–Crippen LogP) is 2.00. The van der Waals surface area contributed by atoms with E-state index in [0.717, 1.165) is 11.4 Å². The normalized spacial score (nSPS) is 10.2. The topological polar surface area (TPSA) is 62.5 Å². The molecule has 0 radical (unpaired) electrons. The molecule has 0 aliphatic heterocycles. The van der Waals surface area contributed by atoms with Crippen LogP contribution in [0.25, 0.3) is 0 Å². The highest BCUT2D eigenvalue weighted by atomic mass is 16.2. The molecule has 2 aromatic rings. The molecule has 1 aromatic heterocycles. The molecule has 2 N–H and O–H groups in total. The van der Waals surface area contributed by atoms with Gasteiger partial charge in [-0.05, 0) is 30.3 Å². The van der Waals surface area contributed by atoms with Crippen LogP contribution in [0.4, 0.5) is 11.4 Å². The first-order valence-electron chi connectivity index (χ1n) is 6.71. The maximum absolute atomic E-state index is 12.6. The number of carbonyl (C=O) groups is 1. The standard InChI is InChI=1S/C16H20N4O/c1-19(2)15-8-7-12(17)10-14(15)16(21)20(3)11-13-6-4-5-9-18-13/h4-10H,11,17H2,1-3H3. The lowest BCUT2D eigenvalue weighted by Gasteiger charge is -2.22. The van der Waals surface area contributed by atoms with Crippen LogP contribution in [0.5, 0.6) is 0 Å². The lowest BCUT2D eigenvalue weighted by molar-refractivity contribution is 0.0784. The van der Waals surface area contributed by atoms with E-state index in [1.165, 1.54) is 0 Å². The highest BCUT2D eigenvalue weighted by Crippen LogP contribution is 2.23. The molecule has 21 heavy (non-hydrogen) atoms. The van der Waals surface area contributed by atoms with Crippen molar-refractivity contribution < 1.29 is 4.79 Å². The van der Waals surface area contributed by atoms with Gasteiger partial charge in [-0.15, -0.1) is 0 Å². The number of hydrogen-bond donors (Lipinski definition) is 1. The van der Waals surface area contributed by atoms with Gasteiger partial charge in [-0.3, -0.25) is 9.78 Å². The molecule has 0 saturated carbocycles. The summed E-state index contributed by atoms with van der Waals surface area (Å²) in [7, 11) is 5.57. The third kappa shape index (κ3) is 3.51. The van der Waals surface area contributed by atoms with Crippen molar-refractivity contribution in [3.05, 3.63) is 53.9 Å². The van der Waals surface area contributed by atoms with E-state index in [2.05, 4.69) is 4.98 Å². The first-order valence-corrected chi connectivity index (χ1v) is 6.71. The molecule has 2 rings (SSSR count). The van der Waals surface area contributed by atoms with Crippen molar-refractivity contribution in [1.82, 2.24) is 9.88 Å². The van der Waals surface area contributed by atoms with Gasteiger partial charge >= 0.3 is 0 Å². The van der Waals surface area contributed by atoms with Crippen molar-refractivity contribution in [2.45, 2.75) is 6.54 Å². The monoisotopic (exact) mass is 284 g/mol. The highest BCUT2D eigenvalue weighted by Gasteiger charge is 2.17. The molecule has 0 atom stereocenters. The quantitative estimate of drug-likeness (QED) is 0.872. The van der Waals surface area contributed by atoms with Crippen LogP contribution in [-0.2, 0) is 6.54 Å². The maximum Gasteiger partial charge on any atom is 0.256 e. The molecule has 110 valence electrons. The summed E-state index contributed by atoms with van der Waals surface area (Å²) in [5, 5.41) is 0. The van der Waals surface area contributed by atoms with Gasteiger partial charge in [0, 0.05) is 38.7 Å². The molecule has 0 aliphatic carbocycles. The third-order valence-corrected chi connectivity index (χ3v) is 3.20. The van der Waals surface area contributed by atoms with Gasteiger partial charge in [0.1, 0.15) is 0 Å². The molecule has 0 unspecified atom stereocenters. The average Bonchev–Trinajstić information content (AvgIpc) is 2.47. The smallest absolute Gasteiger partial charge is 0.256 e. The second kappa shape index (κ2) is 6.26. The van der Waals surface area contributed by atoms with Gasteiger partial charge in [0.05, 0.1) is 17.8 Å². The lowest BCUT2D eigenvalue weighted by Crippen LogP contribution is -2.28. The molecule has 5 heteroatoms. The van der Waals surface area contributed by atoms with Gasteiger partial charge in [-0.2, -0.15) is 0 Å². The number of nitrogen functional groups attached to an aromatic ring is 1. The van der Waals surface area contributed by atoms with Crippen LogP contribution >= 0.6 is 0 Å². The number of hydrogen-bond acceptors (Lipinski definition) is 4. The largest absolute Gasteiger partial charge is 0.399 e. The number of anilines is 2. The van der Waals surface area contributed by atoms with Crippen LogP contribution < -0.4 is 10.6 Å². The Morgan fingerprint density at radius 1 is 1.19 bits per heavy atom. The first-order chi connectivity index (χ1) is 9.99. The summed E-state index contributed by atoms with van der Waals surface area (Å²) in [5.74, 6) is -0.0725. The minimum atomic E-state index is -0.0725. The van der Waals surface area contributed by atoms with Gasteiger partial charge < -0.3 is 15.5 Å². The summed E-state index contributed by atoms with van der Waals surface area (Å²) in [5.41, 5.74) is 8.69. The summed E-state index contributed by atoms with van der Waals surface area (Å²) >= 11 is 0. The summed E-state index contributed by atoms with van der Waals surface area (Å²) in [4.78, 5) is 20.4. The van der Waals surface area contributed by atoms with Gasteiger partial charge in [0.15, 0.2) is 0 Å². The second-order valence-electron chi connectivity index (χ2n) is 5.15. The summed E-state index contributed by atoms with van der Waals surface area (Å²) in [6.07, 6.45) is 1.72. The summed E-state index contributed by atoms with van der Waals surface area (Å²) in [6.45, 7) is 0.460. The second-order valence-corrected chi connectivity index (χ2v) is 5.15. The van der Waals surface area contributed by atoms with E-state index in [1.807, 2.05) is 43.3 Å². The fourth-order valence-corrected chi connectivity index (χ4v) is 2.13. The number of nitrogens with zero attached hydrogens (tertiary/aromatic N) is 3. The Morgan fingerprint density at radius 3 is 2.57 bits per heavy atom. The molecule has 0 bridgehead atoms. The minimum Gasteiger partial charge on any atom is -0.399 e. The van der Waals surface area contributed by atoms with Crippen LogP contribution in [0.2, 0.25) is 0 Å². The highest BCUT2D eigenvalue weighted by molar-refractivity contribution is 6.00. The number of amides is 1. The minimum absolute atomic E-state index is 0.0725. The fraction of sp³-hybridized carbons (Fsp3) is 0.250. The zero-order chi connectivity index (χ0) is 15.4. The molecular weight excluding hydrogens is 264 g/mol. The predicted molar refractivity (Wildman–Crippen MR) is 85.2 cm³/mol. The van der Waals surface area contributed by atoms with Crippen LogP contribution in [0.15, 0.2) is 42.6 Å². The van der Waals surface area contributed by atoms with E-state index >= 15 is 0 Å². The molecule has 0 aliphatic rings. The van der Waals surface area contributed by atoms with E-state index < -0.39 is 0 Å². The third-order valence-electron chi connectivity index (χ3n) is 3.20. The first kappa shape index (κ1) is 14.8. The SMILES string of the molecule is CN(Cc1ccccn1)C(=O)c1cc(N)ccc1N(C)C. The lowest BCUT2D eigenvalue weighted by atomic mass is 10.1. The van der Waals surface area contributed by atoms with Gasteiger partial charge in [-0.1, -0.05) is 6.07 Å². The molecule has 1 aromatic carbocycles. The Labute approximate surface area is 125 Å².